The number of furan rings is 1. The molecule has 1 aromatic carbocycles. The number of ether oxygens (including phenoxy) is 1. The number of aryl methyl sites for hydroxylation is 1. The SMILES string of the molecule is O=C(CCCc1ccccc1F)NCC(c1ccco1)N1CCOCC1. The number of carbonyl (C=O) groups is 1. The molecular formula is C20H25FN2O3. The minimum Gasteiger partial charge on any atom is -0.468 e. The number of amides is 1. The van der Waals surface area contributed by atoms with E-state index in [9.17, 15) is 9.18 Å². The Hall–Kier alpha value is -2.18. The van der Waals surface area contributed by atoms with E-state index in [0.29, 0.717) is 44.6 Å². The van der Waals surface area contributed by atoms with Crippen molar-refractivity contribution in [2.24, 2.45) is 0 Å². The molecule has 26 heavy (non-hydrogen) atoms. The zero-order chi connectivity index (χ0) is 18.2. The zero-order valence-electron chi connectivity index (χ0n) is 14.8. The van der Waals surface area contributed by atoms with Gasteiger partial charge in [0.15, 0.2) is 0 Å². The van der Waals surface area contributed by atoms with Crippen LogP contribution in [-0.4, -0.2) is 43.7 Å². The first-order valence-electron chi connectivity index (χ1n) is 9.09. The van der Waals surface area contributed by atoms with E-state index < -0.39 is 0 Å². The number of morpholine rings is 1. The summed E-state index contributed by atoms with van der Waals surface area (Å²) in [7, 11) is 0. The predicted molar refractivity (Wildman–Crippen MR) is 96.2 cm³/mol. The Morgan fingerprint density at radius 2 is 2.00 bits per heavy atom. The van der Waals surface area contributed by atoms with Gasteiger partial charge in [-0.15, -0.1) is 0 Å². The standard InChI is InChI=1S/C20H25FN2O3/c21-17-7-2-1-5-16(17)6-3-9-20(24)22-15-18(19-8-4-12-26-19)23-10-13-25-14-11-23/h1-2,4-5,7-8,12,18H,3,6,9-11,13-15H2,(H,22,24). The summed E-state index contributed by atoms with van der Waals surface area (Å²) in [5.74, 6) is 0.614. The monoisotopic (exact) mass is 360 g/mol. The van der Waals surface area contributed by atoms with E-state index in [0.717, 1.165) is 18.8 Å². The van der Waals surface area contributed by atoms with Crippen molar-refractivity contribution in [2.75, 3.05) is 32.8 Å². The van der Waals surface area contributed by atoms with Crippen LogP contribution in [0.25, 0.3) is 0 Å². The third-order valence-electron chi connectivity index (χ3n) is 4.66. The highest BCUT2D eigenvalue weighted by atomic mass is 19.1. The highest BCUT2D eigenvalue weighted by Gasteiger charge is 2.25. The second-order valence-corrected chi connectivity index (χ2v) is 6.43. The summed E-state index contributed by atoms with van der Waals surface area (Å²) in [5.41, 5.74) is 0.655. The lowest BCUT2D eigenvalue weighted by Gasteiger charge is -2.33. The molecule has 0 bridgehead atoms. The number of benzene rings is 1. The summed E-state index contributed by atoms with van der Waals surface area (Å²) in [4.78, 5) is 14.5. The molecule has 6 heteroatoms. The predicted octanol–water partition coefficient (Wildman–Crippen LogP) is 2.93. The van der Waals surface area contributed by atoms with Gasteiger partial charge in [-0.05, 0) is 36.6 Å². The zero-order valence-corrected chi connectivity index (χ0v) is 14.8. The fraction of sp³-hybridized carbons (Fsp3) is 0.450. The van der Waals surface area contributed by atoms with Gasteiger partial charge in [-0.1, -0.05) is 18.2 Å². The van der Waals surface area contributed by atoms with Gasteiger partial charge < -0.3 is 14.5 Å². The van der Waals surface area contributed by atoms with Gasteiger partial charge in [-0.2, -0.15) is 0 Å². The molecule has 0 spiro atoms. The van der Waals surface area contributed by atoms with Gasteiger partial charge in [0.25, 0.3) is 0 Å². The first kappa shape index (κ1) is 18.6. The minimum atomic E-state index is -0.210. The van der Waals surface area contributed by atoms with Crippen LogP contribution in [0.1, 0.15) is 30.2 Å². The first-order chi connectivity index (χ1) is 12.7. The third kappa shape index (κ3) is 5.16. The first-order valence-corrected chi connectivity index (χ1v) is 9.09. The fourth-order valence-electron chi connectivity index (χ4n) is 3.22. The van der Waals surface area contributed by atoms with Crippen molar-refractivity contribution in [1.29, 1.82) is 0 Å². The van der Waals surface area contributed by atoms with Crippen LogP contribution < -0.4 is 5.32 Å². The fourth-order valence-corrected chi connectivity index (χ4v) is 3.22. The maximum absolute atomic E-state index is 13.6. The normalized spacial score (nSPS) is 16.3. The molecule has 1 saturated heterocycles. The number of carbonyl (C=O) groups excluding carboxylic acids is 1. The summed E-state index contributed by atoms with van der Waals surface area (Å²) in [6, 6.07) is 10.5. The molecule has 5 nitrogen and oxygen atoms in total. The molecule has 1 aromatic heterocycles. The Balaban J connectivity index is 1.47. The summed E-state index contributed by atoms with van der Waals surface area (Å²) in [6.45, 7) is 3.50. The van der Waals surface area contributed by atoms with Crippen molar-refractivity contribution in [3.8, 4) is 0 Å². The quantitative estimate of drug-likeness (QED) is 0.786. The maximum atomic E-state index is 13.6. The topological polar surface area (TPSA) is 54.7 Å². The van der Waals surface area contributed by atoms with E-state index in [2.05, 4.69) is 10.2 Å². The van der Waals surface area contributed by atoms with Crippen molar-refractivity contribution < 1.29 is 18.3 Å². The minimum absolute atomic E-state index is 0.00409. The average Bonchev–Trinajstić information content (AvgIpc) is 3.19. The molecule has 1 aliphatic heterocycles. The Labute approximate surface area is 153 Å². The van der Waals surface area contributed by atoms with Crippen LogP contribution in [0.2, 0.25) is 0 Å². The van der Waals surface area contributed by atoms with Crippen molar-refractivity contribution in [3.63, 3.8) is 0 Å². The number of hydrogen-bond acceptors (Lipinski definition) is 4. The number of halogens is 1. The lowest BCUT2D eigenvalue weighted by molar-refractivity contribution is -0.121. The van der Waals surface area contributed by atoms with Crippen molar-refractivity contribution in [2.45, 2.75) is 25.3 Å². The molecule has 1 aliphatic rings. The summed E-state index contributed by atoms with van der Waals surface area (Å²) in [5, 5.41) is 2.99. The molecule has 1 fully saturated rings. The highest BCUT2D eigenvalue weighted by molar-refractivity contribution is 5.75. The number of hydrogen-bond donors (Lipinski definition) is 1. The smallest absolute Gasteiger partial charge is 0.220 e. The molecule has 1 atom stereocenters. The number of nitrogens with one attached hydrogen (secondary N) is 1. The Kier molecular flexibility index (Phi) is 6.80. The molecule has 0 saturated carbocycles. The van der Waals surface area contributed by atoms with Crippen LogP contribution in [0.15, 0.2) is 47.1 Å². The summed E-state index contributed by atoms with van der Waals surface area (Å²) < 4.78 is 24.6. The van der Waals surface area contributed by atoms with E-state index >= 15 is 0 Å². The van der Waals surface area contributed by atoms with Crippen LogP contribution in [-0.2, 0) is 16.0 Å². The van der Waals surface area contributed by atoms with Crippen molar-refractivity contribution in [1.82, 2.24) is 10.2 Å². The van der Waals surface area contributed by atoms with Gasteiger partial charge in [0.1, 0.15) is 11.6 Å². The largest absolute Gasteiger partial charge is 0.468 e. The molecule has 2 heterocycles. The van der Waals surface area contributed by atoms with Crippen LogP contribution in [0.3, 0.4) is 0 Å². The van der Waals surface area contributed by atoms with Crippen LogP contribution in [0.4, 0.5) is 4.39 Å². The lowest BCUT2D eigenvalue weighted by atomic mass is 10.1. The lowest BCUT2D eigenvalue weighted by Crippen LogP contribution is -2.43. The highest BCUT2D eigenvalue weighted by Crippen LogP contribution is 2.21. The number of rotatable bonds is 8. The second kappa shape index (κ2) is 9.50. The Morgan fingerprint density at radius 1 is 1.19 bits per heavy atom. The van der Waals surface area contributed by atoms with Crippen molar-refractivity contribution >= 4 is 5.91 Å². The van der Waals surface area contributed by atoms with Gasteiger partial charge in [0, 0.05) is 26.1 Å². The van der Waals surface area contributed by atoms with Crippen LogP contribution >= 0.6 is 0 Å². The molecule has 2 aromatic rings. The molecule has 1 N–H and O–H groups in total. The average molecular weight is 360 g/mol. The molecule has 0 aliphatic carbocycles. The molecule has 0 radical (unpaired) electrons. The van der Waals surface area contributed by atoms with Crippen molar-refractivity contribution in [3.05, 3.63) is 59.8 Å². The Bertz CT molecular complexity index is 684. The summed E-state index contributed by atoms with van der Waals surface area (Å²) >= 11 is 0. The second-order valence-electron chi connectivity index (χ2n) is 6.43. The van der Waals surface area contributed by atoms with E-state index in [4.69, 9.17) is 9.15 Å². The third-order valence-corrected chi connectivity index (χ3v) is 4.66. The molecule has 140 valence electrons. The van der Waals surface area contributed by atoms with E-state index in [1.165, 1.54) is 6.07 Å². The number of nitrogens with zero attached hydrogens (tertiary/aromatic N) is 1. The molecule has 1 unspecified atom stereocenters. The summed E-state index contributed by atoms with van der Waals surface area (Å²) in [6.07, 6.45) is 3.21. The molecule has 3 rings (SSSR count). The van der Waals surface area contributed by atoms with Gasteiger partial charge in [0.2, 0.25) is 5.91 Å². The van der Waals surface area contributed by atoms with Crippen LogP contribution in [0.5, 0.6) is 0 Å². The van der Waals surface area contributed by atoms with Gasteiger partial charge in [0.05, 0.1) is 25.5 Å². The molecular weight excluding hydrogens is 335 g/mol. The van der Waals surface area contributed by atoms with Gasteiger partial charge in [-0.25, -0.2) is 4.39 Å². The van der Waals surface area contributed by atoms with E-state index in [-0.39, 0.29) is 17.8 Å². The van der Waals surface area contributed by atoms with E-state index in [1.807, 2.05) is 18.2 Å². The van der Waals surface area contributed by atoms with E-state index in [1.54, 1.807) is 18.4 Å². The Morgan fingerprint density at radius 3 is 2.73 bits per heavy atom. The maximum Gasteiger partial charge on any atom is 0.220 e. The molecule has 1 amide bonds. The van der Waals surface area contributed by atoms with Crippen LogP contribution in [0, 0.1) is 5.82 Å². The van der Waals surface area contributed by atoms with Gasteiger partial charge >= 0.3 is 0 Å². The van der Waals surface area contributed by atoms with Gasteiger partial charge in [-0.3, -0.25) is 9.69 Å².